The lowest BCUT2D eigenvalue weighted by molar-refractivity contribution is -0.130. The van der Waals surface area contributed by atoms with Gasteiger partial charge in [-0.2, -0.15) is 0 Å². The highest BCUT2D eigenvalue weighted by Crippen LogP contribution is 2.42. The largest absolute Gasteiger partial charge is 0.493 e. The fourth-order valence-corrected chi connectivity index (χ4v) is 5.42. The third kappa shape index (κ3) is 4.91. The van der Waals surface area contributed by atoms with Gasteiger partial charge in [0.1, 0.15) is 0 Å². The van der Waals surface area contributed by atoms with E-state index in [1.54, 1.807) is 19.1 Å². The third-order valence-corrected chi connectivity index (χ3v) is 7.43. The molecule has 2 amide bonds. The third-order valence-electron chi connectivity index (χ3n) is 7.43. The van der Waals surface area contributed by atoms with Crippen molar-refractivity contribution in [2.24, 2.45) is 11.8 Å². The number of methoxy groups -OCH3 is 2. The predicted octanol–water partition coefficient (Wildman–Crippen LogP) is 5.19. The number of hydrogen-bond acceptors (Lipinski definition) is 4. The number of nitrogens with zero attached hydrogens (tertiary/aromatic N) is 1. The summed E-state index contributed by atoms with van der Waals surface area (Å²) in [4.78, 5) is 28.8. The lowest BCUT2D eigenvalue weighted by atomic mass is 9.81. The second kappa shape index (κ2) is 10.5. The summed E-state index contributed by atoms with van der Waals surface area (Å²) in [7, 11) is 3.20. The molecule has 2 aliphatic rings. The molecule has 182 valence electrons. The number of anilines is 1. The van der Waals surface area contributed by atoms with Crippen molar-refractivity contribution in [3.05, 3.63) is 53.6 Å². The molecule has 0 aromatic heterocycles. The zero-order chi connectivity index (χ0) is 24.2. The molecule has 6 heteroatoms. The van der Waals surface area contributed by atoms with E-state index in [0.29, 0.717) is 30.3 Å². The summed E-state index contributed by atoms with van der Waals surface area (Å²) in [6.07, 6.45) is 5.39. The lowest BCUT2D eigenvalue weighted by Crippen LogP contribution is -2.51. The maximum Gasteiger partial charge on any atom is 0.227 e. The van der Waals surface area contributed by atoms with E-state index in [4.69, 9.17) is 9.47 Å². The molecule has 0 spiro atoms. The number of benzene rings is 2. The molecule has 1 heterocycles. The first-order chi connectivity index (χ1) is 16.4. The number of rotatable bonds is 6. The first kappa shape index (κ1) is 24.1. The Bertz CT molecular complexity index is 1020. The van der Waals surface area contributed by atoms with Crippen LogP contribution in [0.2, 0.25) is 0 Å². The molecule has 0 bridgehead atoms. The van der Waals surface area contributed by atoms with E-state index in [-0.39, 0.29) is 23.8 Å². The highest BCUT2D eigenvalue weighted by molar-refractivity contribution is 5.97. The van der Waals surface area contributed by atoms with Crippen LogP contribution in [-0.2, 0) is 9.59 Å². The summed E-state index contributed by atoms with van der Waals surface area (Å²) >= 11 is 0. The molecule has 2 aromatic rings. The highest BCUT2D eigenvalue weighted by atomic mass is 16.5. The fourth-order valence-electron chi connectivity index (χ4n) is 5.42. The average molecular weight is 465 g/mol. The highest BCUT2D eigenvalue weighted by Gasteiger charge is 2.42. The van der Waals surface area contributed by atoms with Crippen LogP contribution in [-0.4, -0.2) is 32.1 Å². The Hall–Kier alpha value is -3.02. The minimum Gasteiger partial charge on any atom is -0.493 e. The van der Waals surface area contributed by atoms with Gasteiger partial charge in [0.25, 0.3) is 0 Å². The number of aryl methyl sites for hydroxylation is 1. The number of piperidine rings is 1. The molecule has 4 rings (SSSR count). The van der Waals surface area contributed by atoms with Gasteiger partial charge in [0, 0.05) is 18.2 Å². The quantitative estimate of drug-likeness (QED) is 0.639. The van der Waals surface area contributed by atoms with Crippen molar-refractivity contribution >= 4 is 17.5 Å². The normalized spacial score (nSPS) is 25.1. The summed E-state index contributed by atoms with van der Waals surface area (Å²) in [5.74, 6) is 1.37. The molecule has 34 heavy (non-hydrogen) atoms. The number of ether oxygens (including phenoxy) is 2. The Kier molecular flexibility index (Phi) is 7.44. The molecule has 2 fully saturated rings. The maximum atomic E-state index is 13.7. The van der Waals surface area contributed by atoms with E-state index >= 15 is 0 Å². The zero-order valence-electron chi connectivity index (χ0n) is 20.7. The van der Waals surface area contributed by atoms with Crippen LogP contribution in [0.4, 0.5) is 5.69 Å². The number of carbonyl (C=O) groups is 2. The van der Waals surface area contributed by atoms with Gasteiger partial charge in [-0.15, -0.1) is 0 Å². The lowest BCUT2D eigenvalue weighted by Gasteiger charge is -2.42. The second-order valence-electron chi connectivity index (χ2n) is 9.68. The van der Waals surface area contributed by atoms with Crippen LogP contribution in [0.15, 0.2) is 42.5 Å². The monoisotopic (exact) mass is 464 g/mol. The van der Waals surface area contributed by atoms with E-state index in [1.165, 1.54) is 6.42 Å². The Labute approximate surface area is 202 Å². The van der Waals surface area contributed by atoms with E-state index < -0.39 is 6.04 Å². The molecule has 1 N–H and O–H groups in total. The van der Waals surface area contributed by atoms with Crippen LogP contribution < -0.4 is 19.7 Å². The van der Waals surface area contributed by atoms with Crippen LogP contribution in [0, 0.1) is 18.8 Å². The SMILES string of the molecule is COc1ccc(C2C(C(=O)NC3CCCCC3C)CCC(=O)N2c2ccc(C)cc2)cc1OC. The van der Waals surface area contributed by atoms with Gasteiger partial charge in [-0.05, 0) is 61.9 Å². The fraction of sp³-hybridized carbons (Fsp3) is 0.500. The molecule has 4 atom stereocenters. The first-order valence-corrected chi connectivity index (χ1v) is 12.3. The Morgan fingerprint density at radius 2 is 1.68 bits per heavy atom. The van der Waals surface area contributed by atoms with Gasteiger partial charge in [0.05, 0.1) is 26.2 Å². The van der Waals surface area contributed by atoms with Crippen molar-refractivity contribution in [2.75, 3.05) is 19.1 Å². The maximum absolute atomic E-state index is 13.7. The van der Waals surface area contributed by atoms with Gasteiger partial charge < -0.3 is 19.7 Å². The van der Waals surface area contributed by atoms with Gasteiger partial charge >= 0.3 is 0 Å². The smallest absolute Gasteiger partial charge is 0.227 e. The Morgan fingerprint density at radius 3 is 2.35 bits per heavy atom. The molecule has 1 aliphatic heterocycles. The molecule has 1 aliphatic carbocycles. The molecule has 2 aromatic carbocycles. The van der Waals surface area contributed by atoms with Crippen molar-refractivity contribution < 1.29 is 19.1 Å². The van der Waals surface area contributed by atoms with Crippen LogP contribution >= 0.6 is 0 Å². The van der Waals surface area contributed by atoms with Crippen molar-refractivity contribution in [3.63, 3.8) is 0 Å². The van der Waals surface area contributed by atoms with Crippen LogP contribution in [0.25, 0.3) is 0 Å². The predicted molar refractivity (Wildman–Crippen MR) is 133 cm³/mol. The van der Waals surface area contributed by atoms with Crippen LogP contribution in [0.3, 0.4) is 0 Å². The molecule has 1 saturated carbocycles. The topological polar surface area (TPSA) is 67.9 Å². The minimum atomic E-state index is -0.428. The van der Waals surface area contributed by atoms with E-state index in [2.05, 4.69) is 12.2 Å². The van der Waals surface area contributed by atoms with Crippen molar-refractivity contribution in [3.8, 4) is 11.5 Å². The van der Waals surface area contributed by atoms with Gasteiger partial charge in [0.2, 0.25) is 11.8 Å². The van der Waals surface area contributed by atoms with Gasteiger partial charge in [-0.1, -0.05) is 43.5 Å². The zero-order valence-corrected chi connectivity index (χ0v) is 20.7. The Balaban J connectivity index is 1.74. The summed E-state index contributed by atoms with van der Waals surface area (Å²) in [5, 5.41) is 3.35. The minimum absolute atomic E-state index is 0.0266. The molecule has 4 unspecified atom stereocenters. The molecular weight excluding hydrogens is 428 g/mol. The van der Waals surface area contributed by atoms with Crippen molar-refractivity contribution in [2.45, 2.75) is 64.5 Å². The second-order valence-corrected chi connectivity index (χ2v) is 9.68. The summed E-state index contributed by atoms with van der Waals surface area (Å²) < 4.78 is 11.0. The summed E-state index contributed by atoms with van der Waals surface area (Å²) in [6.45, 7) is 4.24. The van der Waals surface area contributed by atoms with E-state index in [0.717, 1.165) is 36.1 Å². The van der Waals surface area contributed by atoms with Crippen molar-refractivity contribution in [1.29, 1.82) is 0 Å². The number of carbonyl (C=O) groups excluding carboxylic acids is 2. The first-order valence-electron chi connectivity index (χ1n) is 12.3. The number of hydrogen-bond donors (Lipinski definition) is 1. The average Bonchev–Trinajstić information content (AvgIpc) is 2.85. The van der Waals surface area contributed by atoms with E-state index in [9.17, 15) is 9.59 Å². The van der Waals surface area contributed by atoms with Crippen LogP contribution in [0.1, 0.15) is 62.6 Å². The summed E-state index contributed by atoms with van der Waals surface area (Å²) in [5.41, 5.74) is 2.79. The van der Waals surface area contributed by atoms with Crippen LogP contribution in [0.5, 0.6) is 11.5 Å². The number of amides is 2. The molecular formula is C28H36N2O4. The van der Waals surface area contributed by atoms with Gasteiger partial charge in [0.15, 0.2) is 11.5 Å². The van der Waals surface area contributed by atoms with E-state index in [1.807, 2.05) is 49.4 Å². The Morgan fingerprint density at radius 1 is 0.971 bits per heavy atom. The standard InChI is InChI=1S/C28H36N2O4/c1-18-9-12-21(13-10-18)30-26(31)16-14-22(28(32)29-23-8-6-5-7-19(23)2)27(30)20-11-15-24(33-3)25(17-20)34-4/h9-13,15,17,19,22-23,27H,5-8,14,16H2,1-4H3,(H,29,32). The number of nitrogens with one attached hydrogen (secondary N) is 1. The molecule has 6 nitrogen and oxygen atoms in total. The van der Waals surface area contributed by atoms with Gasteiger partial charge in [-0.25, -0.2) is 0 Å². The van der Waals surface area contributed by atoms with Crippen molar-refractivity contribution in [1.82, 2.24) is 5.32 Å². The molecule has 0 radical (unpaired) electrons. The summed E-state index contributed by atoms with van der Waals surface area (Å²) in [6, 6.07) is 13.4. The van der Waals surface area contributed by atoms with Gasteiger partial charge in [-0.3, -0.25) is 9.59 Å². The molecule has 1 saturated heterocycles.